The second-order valence-electron chi connectivity index (χ2n) is 9.60. The first-order valence-electron chi connectivity index (χ1n) is 12.8. The van der Waals surface area contributed by atoms with Crippen molar-refractivity contribution in [1.29, 1.82) is 0 Å². The lowest BCUT2D eigenvalue weighted by atomic mass is 9.98. The van der Waals surface area contributed by atoms with Crippen LogP contribution in [0.3, 0.4) is 0 Å². The molecule has 3 aromatic rings. The van der Waals surface area contributed by atoms with Crippen molar-refractivity contribution in [3.63, 3.8) is 0 Å². The lowest BCUT2D eigenvalue weighted by Gasteiger charge is -2.34. The van der Waals surface area contributed by atoms with Crippen molar-refractivity contribution >= 4 is 23.2 Å². The topological polar surface area (TPSA) is 61.9 Å². The van der Waals surface area contributed by atoms with Gasteiger partial charge < -0.3 is 19.9 Å². The van der Waals surface area contributed by atoms with Gasteiger partial charge in [-0.2, -0.15) is 0 Å². The Morgan fingerprint density at radius 2 is 1.64 bits per heavy atom. The van der Waals surface area contributed by atoms with Crippen molar-refractivity contribution in [1.82, 2.24) is 4.90 Å². The van der Waals surface area contributed by atoms with Gasteiger partial charge in [-0.05, 0) is 72.7 Å². The number of hydrogen-bond acceptors (Lipinski definition) is 4. The maximum Gasteiger partial charge on any atom is 0.256 e. The van der Waals surface area contributed by atoms with Gasteiger partial charge in [-0.15, -0.1) is 0 Å². The van der Waals surface area contributed by atoms with Gasteiger partial charge >= 0.3 is 0 Å². The molecule has 0 radical (unpaired) electrons. The molecule has 0 bridgehead atoms. The van der Waals surface area contributed by atoms with E-state index in [1.54, 1.807) is 7.11 Å². The maximum atomic E-state index is 13.7. The molecule has 2 aliphatic heterocycles. The molecule has 1 fully saturated rings. The van der Waals surface area contributed by atoms with Crippen LogP contribution in [-0.2, 0) is 24.2 Å². The first-order valence-corrected chi connectivity index (χ1v) is 12.8. The van der Waals surface area contributed by atoms with Crippen LogP contribution in [0.5, 0.6) is 5.75 Å². The molecule has 0 spiro atoms. The van der Waals surface area contributed by atoms with Crippen LogP contribution >= 0.6 is 0 Å². The van der Waals surface area contributed by atoms with E-state index in [9.17, 15) is 9.59 Å². The highest BCUT2D eigenvalue weighted by atomic mass is 16.5. The fraction of sp³-hybridized carbons (Fsp3) is 0.333. The smallest absolute Gasteiger partial charge is 0.256 e. The molecule has 0 atom stereocenters. The predicted octanol–water partition coefficient (Wildman–Crippen LogP) is 5.07. The normalized spacial score (nSPS) is 15.2. The first kappa shape index (κ1) is 23.9. The SMILES string of the molecule is COc1ccc(CC(=O)Nc2ccc(N3CCc4ccccc4C3)c(C(=O)N3CCCCC3)c2)cc1. The van der Waals surface area contributed by atoms with Crippen LogP contribution in [0.25, 0.3) is 0 Å². The van der Waals surface area contributed by atoms with Crippen molar-refractivity contribution in [2.24, 2.45) is 0 Å². The van der Waals surface area contributed by atoms with Crippen LogP contribution < -0.4 is 15.0 Å². The van der Waals surface area contributed by atoms with Crippen LogP contribution in [0.15, 0.2) is 66.7 Å². The van der Waals surface area contributed by atoms with E-state index >= 15 is 0 Å². The Kier molecular flexibility index (Phi) is 7.21. The van der Waals surface area contributed by atoms with Crippen molar-refractivity contribution < 1.29 is 14.3 Å². The molecule has 3 aromatic carbocycles. The zero-order valence-electron chi connectivity index (χ0n) is 20.8. The molecule has 0 saturated carbocycles. The van der Waals surface area contributed by atoms with Gasteiger partial charge in [0, 0.05) is 37.6 Å². The second-order valence-corrected chi connectivity index (χ2v) is 9.60. The van der Waals surface area contributed by atoms with Crippen LogP contribution in [0.1, 0.15) is 46.3 Å². The number of anilines is 2. The molecule has 2 aliphatic rings. The molecule has 186 valence electrons. The Morgan fingerprint density at radius 1 is 0.889 bits per heavy atom. The highest BCUT2D eigenvalue weighted by molar-refractivity contribution is 6.02. The van der Waals surface area contributed by atoms with E-state index in [0.717, 1.165) is 62.4 Å². The molecule has 1 N–H and O–H groups in total. The van der Waals surface area contributed by atoms with Crippen LogP contribution in [0, 0.1) is 0 Å². The van der Waals surface area contributed by atoms with Crippen LogP contribution in [-0.4, -0.2) is 43.5 Å². The number of methoxy groups -OCH3 is 1. The number of benzene rings is 3. The van der Waals surface area contributed by atoms with E-state index in [2.05, 4.69) is 34.5 Å². The molecule has 2 amide bonds. The van der Waals surface area contributed by atoms with Crippen molar-refractivity contribution in [3.8, 4) is 5.75 Å². The predicted molar refractivity (Wildman–Crippen MR) is 143 cm³/mol. The zero-order valence-corrected chi connectivity index (χ0v) is 20.8. The minimum absolute atomic E-state index is 0.0508. The van der Waals surface area contributed by atoms with Gasteiger partial charge in [0.15, 0.2) is 0 Å². The average molecular weight is 484 g/mol. The first-order chi connectivity index (χ1) is 17.6. The maximum absolute atomic E-state index is 13.7. The number of carbonyl (C=O) groups is 2. The molecular weight excluding hydrogens is 450 g/mol. The number of nitrogens with one attached hydrogen (secondary N) is 1. The van der Waals surface area contributed by atoms with Crippen molar-refractivity contribution in [2.45, 2.75) is 38.6 Å². The van der Waals surface area contributed by atoms with Gasteiger partial charge in [0.2, 0.25) is 5.91 Å². The van der Waals surface area contributed by atoms with Gasteiger partial charge in [-0.25, -0.2) is 0 Å². The summed E-state index contributed by atoms with van der Waals surface area (Å²) in [6.07, 6.45) is 4.45. The van der Waals surface area contributed by atoms with E-state index in [4.69, 9.17) is 4.74 Å². The molecule has 0 aromatic heterocycles. The fourth-order valence-electron chi connectivity index (χ4n) is 5.16. The summed E-state index contributed by atoms with van der Waals surface area (Å²) in [6.45, 7) is 3.21. The van der Waals surface area contributed by atoms with Crippen LogP contribution in [0.2, 0.25) is 0 Å². The quantitative estimate of drug-likeness (QED) is 0.532. The highest BCUT2D eigenvalue weighted by Crippen LogP contribution is 2.31. The van der Waals surface area contributed by atoms with E-state index in [1.165, 1.54) is 17.5 Å². The van der Waals surface area contributed by atoms with E-state index in [-0.39, 0.29) is 18.2 Å². The van der Waals surface area contributed by atoms with E-state index < -0.39 is 0 Å². The lowest BCUT2D eigenvalue weighted by molar-refractivity contribution is -0.115. The number of piperidine rings is 1. The Balaban J connectivity index is 1.38. The standard InChI is InChI=1S/C30H33N3O3/c1-36-26-12-9-22(10-13-26)19-29(34)31-25-11-14-28(27(20-25)30(35)32-16-5-2-6-17-32)33-18-15-23-7-3-4-8-24(23)21-33/h3-4,7-14,20H,2,5-6,15-19,21H2,1H3,(H,31,34). The molecule has 0 unspecified atom stereocenters. The molecule has 6 heteroatoms. The molecule has 1 saturated heterocycles. The van der Waals surface area contributed by atoms with Crippen LogP contribution in [0.4, 0.5) is 11.4 Å². The summed E-state index contributed by atoms with van der Waals surface area (Å²) in [5.74, 6) is 0.696. The highest BCUT2D eigenvalue weighted by Gasteiger charge is 2.25. The molecule has 2 heterocycles. The summed E-state index contributed by atoms with van der Waals surface area (Å²) < 4.78 is 5.20. The molecule has 6 nitrogen and oxygen atoms in total. The molecule has 5 rings (SSSR count). The molecule has 36 heavy (non-hydrogen) atoms. The average Bonchev–Trinajstić information content (AvgIpc) is 2.93. The van der Waals surface area contributed by atoms with E-state index in [0.29, 0.717) is 11.3 Å². The Hall–Kier alpha value is -3.80. The summed E-state index contributed by atoms with van der Waals surface area (Å²) in [7, 11) is 1.62. The number of rotatable bonds is 6. The third kappa shape index (κ3) is 5.38. The third-order valence-electron chi connectivity index (χ3n) is 7.15. The number of ether oxygens (including phenoxy) is 1. The van der Waals surface area contributed by atoms with Crippen molar-refractivity contribution in [2.75, 3.05) is 37.0 Å². The van der Waals surface area contributed by atoms with E-state index in [1.807, 2.05) is 47.4 Å². The Bertz CT molecular complexity index is 1230. The number of carbonyl (C=O) groups excluding carboxylic acids is 2. The lowest BCUT2D eigenvalue weighted by Crippen LogP contribution is -2.38. The van der Waals surface area contributed by atoms with Gasteiger partial charge in [0.25, 0.3) is 5.91 Å². The second kappa shape index (κ2) is 10.9. The summed E-state index contributed by atoms with van der Waals surface area (Å²) in [5, 5.41) is 3.00. The number of hydrogen-bond donors (Lipinski definition) is 1. The number of nitrogens with zero attached hydrogens (tertiary/aromatic N) is 2. The van der Waals surface area contributed by atoms with Gasteiger partial charge in [0.1, 0.15) is 5.75 Å². The minimum Gasteiger partial charge on any atom is -0.497 e. The number of fused-ring (bicyclic) bond motifs is 1. The number of amides is 2. The summed E-state index contributed by atoms with van der Waals surface area (Å²) >= 11 is 0. The zero-order chi connectivity index (χ0) is 24.9. The summed E-state index contributed by atoms with van der Waals surface area (Å²) in [6, 6.07) is 21.8. The monoisotopic (exact) mass is 483 g/mol. The fourth-order valence-corrected chi connectivity index (χ4v) is 5.16. The largest absolute Gasteiger partial charge is 0.497 e. The van der Waals surface area contributed by atoms with Gasteiger partial charge in [0.05, 0.1) is 19.1 Å². The molecular formula is C30H33N3O3. The van der Waals surface area contributed by atoms with Gasteiger partial charge in [-0.1, -0.05) is 36.4 Å². The number of likely N-dealkylation sites (tertiary alicyclic amines) is 1. The third-order valence-corrected chi connectivity index (χ3v) is 7.15. The molecule has 0 aliphatic carbocycles. The summed E-state index contributed by atoms with van der Waals surface area (Å²) in [4.78, 5) is 30.7. The Morgan fingerprint density at radius 3 is 2.39 bits per heavy atom. The Labute approximate surface area is 212 Å². The van der Waals surface area contributed by atoms with Gasteiger partial charge in [-0.3, -0.25) is 9.59 Å². The summed E-state index contributed by atoms with van der Waals surface area (Å²) in [5.41, 5.74) is 5.83. The van der Waals surface area contributed by atoms with Crippen molar-refractivity contribution in [3.05, 3.63) is 89.0 Å². The minimum atomic E-state index is -0.115.